The fourth-order valence-electron chi connectivity index (χ4n) is 2.28. The van der Waals surface area contributed by atoms with Crippen molar-refractivity contribution < 1.29 is 9.18 Å². The van der Waals surface area contributed by atoms with Crippen LogP contribution in [0.4, 0.5) is 4.39 Å². The Morgan fingerprint density at radius 3 is 2.75 bits per heavy atom. The zero-order valence-corrected chi connectivity index (χ0v) is 9.16. The van der Waals surface area contributed by atoms with Crippen molar-refractivity contribution in [3.63, 3.8) is 0 Å². The molecule has 1 aromatic carbocycles. The highest BCUT2D eigenvalue weighted by Crippen LogP contribution is 2.26. The van der Waals surface area contributed by atoms with Crippen LogP contribution in [0.15, 0.2) is 24.3 Å². The van der Waals surface area contributed by atoms with E-state index in [0.717, 1.165) is 19.3 Å². The Kier molecular flexibility index (Phi) is 3.34. The molecule has 0 bridgehead atoms. The van der Waals surface area contributed by atoms with E-state index in [-0.39, 0.29) is 30.0 Å². The molecule has 0 aliphatic heterocycles. The number of ketones is 1. The van der Waals surface area contributed by atoms with Crippen molar-refractivity contribution in [3.05, 3.63) is 35.6 Å². The molecular formula is C13H16FNO. The Balaban J connectivity index is 2.00. The van der Waals surface area contributed by atoms with Gasteiger partial charge in [0.05, 0.1) is 0 Å². The van der Waals surface area contributed by atoms with Crippen LogP contribution in [0.3, 0.4) is 0 Å². The summed E-state index contributed by atoms with van der Waals surface area (Å²) in [6.45, 7) is 0. The molecule has 2 unspecified atom stereocenters. The second-order valence-electron chi connectivity index (χ2n) is 4.50. The van der Waals surface area contributed by atoms with Gasteiger partial charge in [-0.2, -0.15) is 0 Å². The van der Waals surface area contributed by atoms with E-state index in [4.69, 9.17) is 5.73 Å². The molecule has 0 amide bonds. The average Bonchev–Trinajstić information content (AvgIpc) is 2.68. The lowest BCUT2D eigenvalue weighted by atomic mass is 9.96. The summed E-state index contributed by atoms with van der Waals surface area (Å²) in [6, 6.07) is 6.60. The summed E-state index contributed by atoms with van der Waals surface area (Å²) in [5, 5.41) is 0. The molecule has 1 fully saturated rings. The van der Waals surface area contributed by atoms with E-state index in [9.17, 15) is 9.18 Å². The van der Waals surface area contributed by atoms with Crippen molar-refractivity contribution >= 4 is 5.78 Å². The number of Topliss-reactive ketones (excluding diaryl/α,β-unsaturated/α-hetero) is 1. The molecule has 2 nitrogen and oxygen atoms in total. The third-order valence-electron chi connectivity index (χ3n) is 3.25. The lowest BCUT2D eigenvalue weighted by Crippen LogP contribution is -2.19. The third kappa shape index (κ3) is 2.47. The molecule has 16 heavy (non-hydrogen) atoms. The van der Waals surface area contributed by atoms with Crippen molar-refractivity contribution in [2.75, 3.05) is 0 Å². The van der Waals surface area contributed by atoms with Gasteiger partial charge in [-0.15, -0.1) is 0 Å². The van der Waals surface area contributed by atoms with Crippen LogP contribution in [-0.4, -0.2) is 11.8 Å². The van der Waals surface area contributed by atoms with Gasteiger partial charge in [-0.1, -0.05) is 18.2 Å². The van der Waals surface area contributed by atoms with Gasteiger partial charge in [-0.3, -0.25) is 4.79 Å². The van der Waals surface area contributed by atoms with Gasteiger partial charge in [0.1, 0.15) is 11.6 Å². The van der Waals surface area contributed by atoms with Crippen LogP contribution in [0.25, 0.3) is 0 Å². The summed E-state index contributed by atoms with van der Waals surface area (Å²) in [5.74, 6) is -0.134. The first-order valence-corrected chi connectivity index (χ1v) is 5.68. The van der Waals surface area contributed by atoms with Crippen molar-refractivity contribution in [1.29, 1.82) is 0 Å². The maximum atomic E-state index is 13.3. The van der Waals surface area contributed by atoms with E-state index in [1.54, 1.807) is 18.2 Å². The summed E-state index contributed by atoms with van der Waals surface area (Å²) in [5.41, 5.74) is 6.25. The molecule has 0 heterocycles. The van der Waals surface area contributed by atoms with E-state index in [1.807, 2.05) is 0 Å². The van der Waals surface area contributed by atoms with Crippen LogP contribution in [0.2, 0.25) is 0 Å². The SMILES string of the molecule is NC1CCC(C(=O)Cc2ccccc2F)C1. The van der Waals surface area contributed by atoms with Crippen molar-refractivity contribution in [3.8, 4) is 0 Å². The lowest BCUT2D eigenvalue weighted by Gasteiger charge is -2.08. The average molecular weight is 221 g/mol. The maximum Gasteiger partial charge on any atom is 0.140 e. The number of carbonyl (C=O) groups excluding carboxylic acids is 1. The van der Waals surface area contributed by atoms with Gasteiger partial charge in [0.2, 0.25) is 0 Å². The summed E-state index contributed by atoms with van der Waals surface area (Å²) in [6.07, 6.45) is 2.72. The van der Waals surface area contributed by atoms with Crippen LogP contribution < -0.4 is 5.73 Å². The Labute approximate surface area is 94.6 Å². The number of carbonyl (C=O) groups is 1. The molecule has 1 aromatic rings. The molecule has 2 atom stereocenters. The van der Waals surface area contributed by atoms with Gasteiger partial charge in [-0.25, -0.2) is 4.39 Å². The van der Waals surface area contributed by atoms with E-state index < -0.39 is 0 Å². The van der Waals surface area contributed by atoms with Crippen molar-refractivity contribution in [1.82, 2.24) is 0 Å². The minimum absolute atomic E-state index is 0.0367. The predicted octanol–water partition coefficient (Wildman–Crippen LogP) is 2.06. The van der Waals surface area contributed by atoms with Gasteiger partial charge in [-0.05, 0) is 30.9 Å². The molecule has 0 spiro atoms. The number of hydrogen-bond acceptors (Lipinski definition) is 2. The van der Waals surface area contributed by atoms with Gasteiger partial charge in [0.15, 0.2) is 0 Å². The molecule has 1 aliphatic rings. The summed E-state index contributed by atoms with van der Waals surface area (Å²) in [7, 11) is 0. The van der Waals surface area contributed by atoms with E-state index >= 15 is 0 Å². The van der Waals surface area contributed by atoms with E-state index in [0.29, 0.717) is 5.56 Å². The predicted molar refractivity (Wildman–Crippen MR) is 60.4 cm³/mol. The summed E-state index contributed by atoms with van der Waals surface area (Å²) < 4.78 is 13.3. The van der Waals surface area contributed by atoms with Crippen LogP contribution >= 0.6 is 0 Å². The van der Waals surface area contributed by atoms with Gasteiger partial charge in [0, 0.05) is 18.4 Å². The van der Waals surface area contributed by atoms with Crippen LogP contribution in [0, 0.1) is 11.7 Å². The molecule has 2 N–H and O–H groups in total. The molecule has 1 saturated carbocycles. The molecular weight excluding hydrogens is 205 g/mol. The van der Waals surface area contributed by atoms with Crippen molar-refractivity contribution in [2.45, 2.75) is 31.7 Å². The molecule has 2 rings (SSSR count). The highest BCUT2D eigenvalue weighted by molar-refractivity contribution is 5.83. The number of hydrogen-bond donors (Lipinski definition) is 1. The second kappa shape index (κ2) is 4.74. The molecule has 0 radical (unpaired) electrons. The standard InChI is InChI=1S/C13H16FNO/c14-12-4-2-1-3-9(12)8-13(16)10-5-6-11(15)7-10/h1-4,10-11H,5-8,15H2. The van der Waals surface area contributed by atoms with Gasteiger partial charge >= 0.3 is 0 Å². The maximum absolute atomic E-state index is 13.3. The normalized spacial score (nSPS) is 24.6. The number of rotatable bonds is 3. The first-order chi connectivity index (χ1) is 7.66. The topological polar surface area (TPSA) is 43.1 Å². The first kappa shape index (κ1) is 11.3. The number of nitrogens with two attached hydrogens (primary N) is 1. The fourth-order valence-corrected chi connectivity index (χ4v) is 2.28. The summed E-state index contributed by atoms with van der Waals surface area (Å²) >= 11 is 0. The molecule has 1 aliphatic carbocycles. The quantitative estimate of drug-likeness (QED) is 0.849. The third-order valence-corrected chi connectivity index (χ3v) is 3.25. The minimum atomic E-state index is -0.293. The zero-order valence-electron chi connectivity index (χ0n) is 9.16. The molecule has 0 saturated heterocycles. The Hall–Kier alpha value is -1.22. The monoisotopic (exact) mass is 221 g/mol. The Bertz CT molecular complexity index is 391. The van der Waals surface area contributed by atoms with Gasteiger partial charge in [0.25, 0.3) is 0 Å². The van der Waals surface area contributed by atoms with E-state index in [1.165, 1.54) is 6.07 Å². The molecule has 86 valence electrons. The molecule has 3 heteroatoms. The van der Waals surface area contributed by atoms with Crippen LogP contribution in [0.1, 0.15) is 24.8 Å². The number of benzene rings is 1. The number of halogens is 1. The Morgan fingerprint density at radius 2 is 2.12 bits per heavy atom. The summed E-state index contributed by atoms with van der Waals surface area (Å²) in [4.78, 5) is 11.9. The van der Waals surface area contributed by atoms with Gasteiger partial charge < -0.3 is 5.73 Å². The smallest absolute Gasteiger partial charge is 0.140 e. The zero-order chi connectivity index (χ0) is 11.5. The van der Waals surface area contributed by atoms with Crippen LogP contribution in [-0.2, 0) is 11.2 Å². The van der Waals surface area contributed by atoms with Crippen LogP contribution in [0.5, 0.6) is 0 Å². The second-order valence-corrected chi connectivity index (χ2v) is 4.50. The highest BCUT2D eigenvalue weighted by atomic mass is 19.1. The Morgan fingerprint density at radius 1 is 1.38 bits per heavy atom. The molecule has 0 aromatic heterocycles. The largest absolute Gasteiger partial charge is 0.328 e. The van der Waals surface area contributed by atoms with E-state index in [2.05, 4.69) is 0 Å². The lowest BCUT2D eigenvalue weighted by molar-refractivity contribution is -0.122. The van der Waals surface area contributed by atoms with Crippen molar-refractivity contribution in [2.24, 2.45) is 11.7 Å². The fraction of sp³-hybridized carbons (Fsp3) is 0.462. The first-order valence-electron chi connectivity index (χ1n) is 5.68. The minimum Gasteiger partial charge on any atom is -0.328 e. The highest BCUT2D eigenvalue weighted by Gasteiger charge is 2.27.